The Morgan fingerprint density at radius 3 is 2.53 bits per heavy atom. The Labute approximate surface area is 92.1 Å². The summed E-state index contributed by atoms with van der Waals surface area (Å²) in [6, 6.07) is -0.573. The lowest BCUT2D eigenvalue weighted by Crippen LogP contribution is -2.36. The molecule has 90 valence electrons. The second-order valence-corrected chi connectivity index (χ2v) is 4.36. The van der Waals surface area contributed by atoms with Crippen molar-refractivity contribution >= 4 is 5.97 Å². The van der Waals surface area contributed by atoms with Crippen molar-refractivity contribution in [3.63, 3.8) is 0 Å². The van der Waals surface area contributed by atoms with Gasteiger partial charge in [0.1, 0.15) is 12.6 Å². The van der Waals surface area contributed by atoms with Crippen LogP contribution in [-0.4, -0.2) is 30.8 Å². The highest BCUT2D eigenvalue weighted by atomic mass is 16.6. The van der Waals surface area contributed by atoms with E-state index in [9.17, 15) is 4.79 Å². The van der Waals surface area contributed by atoms with Crippen molar-refractivity contribution in [2.45, 2.75) is 52.2 Å². The summed E-state index contributed by atoms with van der Waals surface area (Å²) < 4.78 is 10.6. The fourth-order valence-corrected chi connectivity index (χ4v) is 0.911. The first kappa shape index (κ1) is 14.4. The number of hydrogen-bond acceptors (Lipinski definition) is 4. The van der Waals surface area contributed by atoms with E-state index in [1.54, 1.807) is 6.92 Å². The number of ether oxygens (including phenoxy) is 2. The Bertz CT molecular complexity index is 190. The zero-order chi connectivity index (χ0) is 11.9. The third-order valence-electron chi connectivity index (χ3n) is 1.92. The molecule has 0 aromatic rings. The van der Waals surface area contributed by atoms with E-state index in [2.05, 4.69) is 6.92 Å². The maximum absolute atomic E-state index is 11.1. The van der Waals surface area contributed by atoms with E-state index in [-0.39, 0.29) is 12.6 Å². The minimum Gasteiger partial charge on any atom is -0.461 e. The van der Waals surface area contributed by atoms with Gasteiger partial charge in [0.15, 0.2) is 0 Å². The van der Waals surface area contributed by atoms with Gasteiger partial charge < -0.3 is 15.2 Å². The number of hydrogen-bond donors (Lipinski definition) is 1. The lowest BCUT2D eigenvalue weighted by Gasteiger charge is -2.25. The molecule has 0 amide bonds. The van der Waals surface area contributed by atoms with Gasteiger partial charge in [0.2, 0.25) is 0 Å². The third kappa shape index (κ3) is 7.33. The molecule has 2 N–H and O–H groups in total. The van der Waals surface area contributed by atoms with Gasteiger partial charge in [0.25, 0.3) is 0 Å². The monoisotopic (exact) mass is 217 g/mol. The minimum absolute atomic E-state index is 0.247. The largest absolute Gasteiger partial charge is 0.461 e. The molecule has 0 aliphatic rings. The van der Waals surface area contributed by atoms with Crippen molar-refractivity contribution in [2.24, 2.45) is 5.73 Å². The van der Waals surface area contributed by atoms with E-state index in [0.717, 1.165) is 12.8 Å². The summed E-state index contributed by atoms with van der Waals surface area (Å²) >= 11 is 0. The molecule has 0 spiro atoms. The third-order valence-corrected chi connectivity index (χ3v) is 1.92. The first-order valence-corrected chi connectivity index (χ1v) is 5.45. The van der Waals surface area contributed by atoms with Crippen molar-refractivity contribution in [3.8, 4) is 0 Å². The molecule has 0 fully saturated rings. The number of unbranched alkanes of at least 4 members (excludes halogenated alkanes) is 1. The average Bonchev–Trinajstić information content (AvgIpc) is 2.14. The van der Waals surface area contributed by atoms with Crippen LogP contribution < -0.4 is 5.73 Å². The Kier molecular flexibility index (Phi) is 6.52. The number of carbonyl (C=O) groups excluding carboxylic acids is 1. The van der Waals surface area contributed by atoms with Crippen LogP contribution in [-0.2, 0) is 14.3 Å². The van der Waals surface area contributed by atoms with Crippen LogP contribution in [0.25, 0.3) is 0 Å². The Morgan fingerprint density at radius 2 is 2.07 bits per heavy atom. The fraction of sp³-hybridized carbons (Fsp3) is 0.909. The molecule has 0 radical (unpaired) electrons. The van der Waals surface area contributed by atoms with Gasteiger partial charge in [0.05, 0.1) is 5.60 Å². The molecule has 0 aliphatic carbocycles. The molecule has 4 heteroatoms. The SMILES string of the molecule is CCCCOC(C)(C)COC(=O)[C@H](C)N. The first-order chi connectivity index (χ1) is 6.89. The molecule has 15 heavy (non-hydrogen) atoms. The molecular weight excluding hydrogens is 194 g/mol. The van der Waals surface area contributed by atoms with Crippen LogP contribution >= 0.6 is 0 Å². The molecule has 0 heterocycles. The maximum atomic E-state index is 11.1. The van der Waals surface area contributed by atoms with Crippen LogP contribution in [0.5, 0.6) is 0 Å². The lowest BCUT2D eigenvalue weighted by molar-refractivity contribution is -0.154. The molecule has 0 unspecified atom stereocenters. The van der Waals surface area contributed by atoms with Crippen LogP contribution in [0.4, 0.5) is 0 Å². The van der Waals surface area contributed by atoms with E-state index in [1.165, 1.54) is 0 Å². The second kappa shape index (κ2) is 6.80. The zero-order valence-electron chi connectivity index (χ0n) is 10.2. The van der Waals surface area contributed by atoms with Gasteiger partial charge in [-0.05, 0) is 27.2 Å². The van der Waals surface area contributed by atoms with Gasteiger partial charge in [-0.25, -0.2) is 0 Å². The molecule has 0 bridgehead atoms. The van der Waals surface area contributed by atoms with Crippen LogP contribution in [0.1, 0.15) is 40.5 Å². The number of nitrogens with two attached hydrogens (primary N) is 1. The van der Waals surface area contributed by atoms with Crippen LogP contribution in [0.15, 0.2) is 0 Å². The minimum atomic E-state index is -0.573. The standard InChI is InChI=1S/C11H23NO3/c1-5-6-7-15-11(3,4)8-14-10(13)9(2)12/h9H,5-8,12H2,1-4H3/t9-/m0/s1. The smallest absolute Gasteiger partial charge is 0.322 e. The number of carbonyl (C=O) groups is 1. The predicted octanol–water partition coefficient (Wildman–Crippen LogP) is 1.47. The van der Waals surface area contributed by atoms with E-state index >= 15 is 0 Å². The highest BCUT2D eigenvalue weighted by Crippen LogP contribution is 2.10. The normalized spacial score (nSPS) is 13.7. The molecule has 0 aromatic carbocycles. The van der Waals surface area contributed by atoms with Crippen molar-refractivity contribution in [3.05, 3.63) is 0 Å². The zero-order valence-corrected chi connectivity index (χ0v) is 10.2. The second-order valence-electron chi connectivity index (χ2n) is 4.36. The molecule has 0 rings (SSSR count). The van der Waals surface area contributed by atoms with Crippen LogP contribution in [0.3, 0.4) is 0 Å². The molecule has 0 aliphatic heterocycles. The van der Waals surface area contributed by atoms with Crippen LogP contribution in [0, 0.1) is 0 Å². The molecule has 4 nitrogen and oxygen atoms in total. The number of esters is 1. The van der Waals surface area contributed by atoms with Crippen molar-refractivity contribution in [1.82, 2.24) is 0 Å². The van der Waals surface area contributed by atoms with E-state index in [4.69, 9.17) is 15.2 Å². The summed E-state index contributed by atoms with van der Waals surface area (Å²) in [5.74, 6) is -0.387. The molecule has 0 aromatic heterocycles. The molecule has 0 saturated heterocycles. The van der Waals surface area contributed by atoms with Gasteiger partial charge in [-0.3, -0.25) is 4.79 Å². The molecule has 0 saturated carbocycles. The summed E-state index contributed by atoms with van der Waals surface area (Å²) in [4.78, 5) is 11.1. The highest BCUT2D eigenvalue weighted by Gasteiger charge is 2.21. The molecular formula is C11H23NO3. The van der Waals surface area contributed by atoms with Crippen molar-refractivity contribution in [1.29, 1.82) is 0 Å². The first-order valence-electron chi connectivity index (χ1n) is 5.45. The highest BCUT2D eigenvalue weighted by molar-refractivity contribution is 5.74. The average molecular weight is 217 g/mol. The van der Waals surface area contributed by atoms with Crippen molar-refractivity contribution in [2.75, 3.05) is 13.2 Å². The summed E-state index contributed by atoms with van der Waals surface area (Å²) in [5.41, 5.74) is 4.94. The quantitative estimate of drug-likeness (QED) is 0.518. The molecule has 1 atom stereocenters. The van der Waals surface area contributed by atoms with Crippen LogP contribution in [0.2, 0.25) is 0 Å². The summed E-state index contributed by atoms with van der Waals surface area (Å²) in [6.07, 6.45) is 2.11. The Balaban J connectivity index is 3.77. The van der Waals surface area contributed by atoms with E-state index in [1.807, 2.05) is 13.8 Å². The maximum Gasteiger partial charge on any atom is 0.322 e. The fourth-order valence-electron chi connectivity index (χ4n) is 0.911. The summed E-state index contributed by atoms with van der Waals surface area (Å²) in [7, 11) is 0. The van der Waals surface area contributed by atoms with E-state index < -0.39 is 11.6 Å². The summed E-state index contributed by atoms with van der Waals surface area (Å²) in [6.45, 7) is 8.45. The van der Waals surface area contributed by atoms with Gasteiger partial charge >= 0.3 is 5.97 Å². The van der Waals surface area contributed by atoms with Gasteiger partial charge in [0, 0.05) is 6.61 Å². The van der Waals surface area contributed by atoms with E-state index in [0.29, 0.717) is 6.61 Å². The van der Waals surface area contributed by atoms with Gasteiger partial charge in [-0.1, -0.05) is 13.3 Å². The Morgan fingerprint density at radius 1 is 1.47 bits per heavy atom. The topological polar surface area (TPSA) is 61.5 Å². The number of rotatable bonds is 7. The Hall–Kier alpha value is -0.610. The van der Waals surface area contributed by atoms with Gasteiger partial charge in [-0.2, -0.15) is 0 Å². The van der Waals surface area contributed by atoms with Crippen molar-refractivity contribution < 1.29 is 14.3 Å². The predicted molar refractivity (Wildman–Crippen MR) is 59.5 cm³/mol. The van der Waals surface area contributed by atoms with Gasteiger partial charge in [-0.15, -0.1) is 0 Å². The summed E-state index contributed by atoms with van der Waals surface area (Å²) in [5, 5.41) is 0. The lowest BCUT2D eigenvalue weighted by atomic mass is 10.1.